The van der Waals surface area contributed by atoms with Gasteiger partial charge in [0.15, 0.2) is 0 Å². The molecular weight excluding hydrogens is 348 g/mol. The van der Waals surface area contributed by atoms with Crippen LogP contribution in [0, 0.1) is 0 Å². The zero-order valence-electron chi connectivity index (χ0n) is 15.7. The molecule has 0 aliphatic rings. The highest BCUT2D eigenvalue weighted by molar-refractivity contribution is 5.21. The van der Waals surface area contributed by atoms with Gasteiger partial charge < -0.3 is 28.8 Å². The van der Waals surface area contributed by atoms with Crippen LogP contribution in [0.4, 0.5) is 0 Å². The lowest BCUT2D eigenvalue weighted by Crippen LogP contribution is -2.33. The van der Waals surface area contributed by atoms with E-state index in [0.29, 0.717) is 32.2 Å². The largest absolute Gasteiger partial charge is 0.491 e. The van der Waals surface area contributed by atoms with Crippen molar-refractivity contribution in [3.8, 4) is 11.5 Å². The average Bonchev–Trinajstić information content (AvgIpc) is 2.72. The van der Waals surface area contributed by atoms with E-state index in [-0.39, 0.29) is 19.3 Å². The fourth-order valence-electron chi connectivity index (χ4n) is 2.21. The summed E-state index contributed by atoms with van der Waals surface area (Å²) in [6.07, 6.45) is -1.06. The molecule has 148 valence electrons. The summed E-state index contributed by atoms with van der Waals surface area (Å²) in [5, 5.41) is 10.1. The van der Waals surface area contributed by atoms with E-state index in [0.717, 1.165) is 5.75 Å². The molecule has 0 aromatic heterocycles. The monoisotopic (exact) mass is 376 g/mol. The highest BCUT2D eigenvalue weighted by atomic mass is 16.6. The molecule has 2 aromatic carbocycles. The minimum absolute atomic E-state index is 0.128. The van der Waals surface area contributed by atoms with Crippen molar-refractivity contribution in [1.29, 1.82) is 0 Å². The van der Waals surface area contributed by atoms with Crippen molar-refractivity contribution in [3.63, 3.8) is 0 Å². The number of hydrogen-bond acceptors (Lipinski definition) is 6. The summed E-state index contributed by atoms with van der Waals surface area (Å²) in [5.41, 5.74) is 0. The molecule has 2 unspecified atom stereocenters. The average molecular weight is 376 g/mol. The van der Waals surface area contributed by atoms with E-state index in [1.165, 1.54) is 0 Å². The Morgan fingerprint density at radius 2 is 1.33 bits per heavy atom. The first-order valence-corrected chi connectivity index (χ1v) is 9.00. The second-order valence-electron chi connectivity index (χ2n) is 5.92. The van der Waals surface area contributed by atoms with Crippen molar-refractivity contribution in [2.75, 3.05) is 46.8 Å². The van der Waals surface area contributed by atoms with Crippen LogP contribution < -0.4 is 9.47 Å². The summed E-state index contributed by atoms with van der Waals surface area (Å²) >= 11 is 0. The highest BCUT2D eigenvalue weighted by Gasteiger charge is 2.14. The van der Waals surface area contributed by atoms with Crippen LogP contribution in [0.25, 0.3) is 0 Å². The van der Waals surface area contributed by atoms with Crippen LogP contribution in [0.3, 0.4) is 0 Å². The van der Waals surface area contributed by atoms with Crippen molar-refractivity contribution in [3.05, 3.63) is 60.7 Å². The normalized spacial score (nSPS) is 13.1. The molecule has 0 fully saturated rings. The number of aliphatic hydroxyl groups excluding tert-OH is 1. The van der Waals surface area contributed by atoms with Gasteiger partial charge in [0.1, 0.15) is 36.9 Å². The molecule has 0 heterocycles. The molecule has 2 atom stereocenters. The number of ether oxygens (including phenoxy) is 5. The van der Waals surface area contributed by atoms with Crippen LogP contribution >= 0.6 is 0 Å². The third-order valence-corrected chi connectivity index (χ3v) is 3.62. The summed E-state index contributed by atoms with van der Waals surface area (Å²) in [4.78, 5) is 0. The molecule has 6 nitrogen and oxygen atoms in total. The van der Waals surface area contributed by atoms with Crippen LogP contribution in [0.5, 0.6) is 11.5 Å². The van der Waals surface area contributed by atoms with Crippen LogP contribution in [-0.4, -0.2) is 64.1 Å². The molecule has 0 bridgehead atoms. The minimum Gasteiger partial charge on any atom is -0.491 e. The highest BCUT2D eigenvalue weighted by Crippen LogP contribution is 2.11. The standard InChI is InChI=1S/C21H28O6/c1-23-12-13-24-16-21(17-27-20-10-6-3-7-11-20)26-15-18(22)14-25-19-8-4-2-5-9-19/h2-11,18,21-22H,12-17H2,1H3. The van der Waals surface area contributed by atoms with E-state index in [9.17, 15) is 5.11 Å². The smallest absolute Gasteiger partial charge is 0.119 e. The van der Waals surface area contributed by atoms with Crippen molar-refractivity contribution in [2.24, 2.45) is 0 Å². The molecule has 1 N–H and O–H groups in total. The van der Waals surface area contributed by atoms with Crippen LogP contribution in [0.15, 0.2) is 60.7 Å². The Morgan fingerprint density at radius 3 is 1.93 bits per heavy atom. The minimum atomic E-state index is -0.747. The summed E-state index contributed by atoms with van der Waals surface area (Å²) in [6, 6.07) is 18.9. The maximum Gasteiger partial charge on any atom is 0.119 e. The van der Waals surface area contributed by atoms with Gasteiger partial charge in [-0.15, -0.1) is 0 Å². The molecular formula is C21H28O6. The van der Waals surface area contributed by atoms with Gasteiger partial charge in [0.2, 0.25) is 0 Å². The Balaban J connectivity index is 1.73. The van der Waals surface area contributed by atoms with Crippen molar-refractivity contribution < 1.29 is 28.8 Å². The van der Waals surface area contributed by atoms with Gasteiger partial charge in [0.05, 0.1) is 26.4 Å². The molecule has 0 aliphatic carbocycles. The van der Waals surface area contributed by atoms with Gasteiger partial charge in [-0.1, -0.05) is 36.4 Å². The van der Waals surface area contributed by atoms with E-state index < -0.39 is 6.10 Å². The van der Waals surface area contributed by atoms with Gasteiger partial charge in [-0.05, 0) is 24.3 Å². The Labute approximate surface area is 160 Å². The molecule has 0 amide bonds. The van der Waals surface area contributed by atoms with Crippen LogP contribution in [0.2, 0.25) is 0 Å². The SMILES string of the molecule is COCCOCC(COc1ccccc1)OCC(O)COc1ccccc1. The maximum absolute atomic E-state index is 10.1. The predicted octanol–water partition coefficient (Wildman–Crippen LogP) is 2.55. The fourth-order valence-corrected chi connectivity index (χ4v) is 2.21. The first-order chi connectivity index (χ1) is 13.3. The van der Waals surface area contributed by atoms with Gasteiger partial charge in [-0.3, -0.25) is 0 Å². The number of para-hydroxylation sites is 2. The maximum atomic E-state index is 10.1. The molecule has 2 aromatic rings. The Hall–Kier alpha value is -2.12. The predicted molar refractivity (Wildman–Crippen MR) is 102 cm³/mol. The Morgan fingerprint density at radius 1 is 0.741 bits per heavy atom. The number of rotatable bonds is 14. The number of methoxy groups -OCH3 is 1. The quantitative estimate of drug-likeness (QED) is 0.511. The van der Waals surface area contributed by atoms with E-state index >= 15 is 0 Å². The first kappa shape index (κ1) is 21.2. The molecule has 27 heavy (non-hydrogen) atoms. The van der Waals surface area contributed by atoms with E-state index in [1.54, 1.807) is 7.11 Å². The van der Waals surface area contributed by atoms with Gasteiger partial charge in [0, 0.05) is 7.11 Å². The molecule has 0 saturated heterocycles. The second-order valence-corrected chi connectivity index (χ2v) is 5.92. The third-order valence-electron chi connectivity index (χ3n) is 3.62. The van der Waals surface area contributed by atoms with Gasteiger partial charge in [-0.2, -0.15) is 0 Å². The number of benzene rings is 2. The van der Waals surface area contributed by atoms with Crippen molar-refractivity contribution >= 4 is 0 Å². The summed E-state index contributed by atoms with van der Waals surface area (Å²) < 4.78 is 27.6. The van der Waals surface area contributed by atoms with Gasteiger partial charge in [0.25, 0.3) is 0 Å². The molecule has 6 heteroatoms. The second kappa shape index (κ2) is 13.1. The van der Waals surface area contributed by atoms with E-state index in [1.807, 2.05) is 60.7 Å². The van der Waals surface area contributed by atoms with Gasteiger partial charge >= 0.3 is 0 Å². The van der Waals surface area contributed by atoms with Gasteiger partial charge in [-0.25, -0.2) is 0 Å². The Kier molecular flexibility index (Phi) is 10.3. The summed E-state index contributed by atoms with van der Waals surface area (Å²) in [7, 11) is 1.62. The fraction of sp³-hybridized carbons (Fsp3) is 0.429. The topological polar surface area (TPSA) is 66.4 Å². The molecule has 2 rings (SSSR count). The Bertz CT molecular complexity index is 592. The zero-order chi connectivity index (χ0) is 19.2. The molecule has 0 radical (unpaired) electrons. The van der Waals surface area contributed by atoms with Crippen LogP contribution in [-0.2, 0) is 14.2 Å². The molecule has 0 saturated carbocycles. The number of aliphatic hydroxyl groups is 1. The van der Waals surface area contributed by atoms with E-state index in [4.69, 9.17) is 23.7 Å². The first-order valence-electron chi connectivity index (χ1n) is 9.00. The number of hydrogen-bond donors (Lipinski definition) is 1. The zero-order valence-corrected chi connectivity index (χ0v) is 15.7. The molecule has 0 aliphatic heterocycles. The lowest BCUT2D eigenvalue weighted by Gasteiger charge is -2.21. The summed E-state index contributed by atoms with van der Waals surface area (Å²) in [6.45, 7) is 1.94. The third kappa shape index (κ3) is 9.40. The lowest BCUT2D eigenvalue weighted by atomic mass is 10.3. The molecule has 0 spiro atoms. The van der Waals surface area contributed by atoms with Crippen molar-refractivity contribution in [2.45, 2.75) is 12.2 Å². The van der Waals surface area contributed by atoms with Crippen LogP contribution in [0.1, 0.15) is 0 Å². The summed E-state index contributed by atoms with van der Waals surface area (Å²) in [5.74, 6) is 1.47. The van der Waals surface area contributed by atoms with E-state index in [2.05, 4.69) is 0 Å². The van der Waals surface area contributed by atoms with Crippen molar-refractivity contribution in [1.82, 2.24) is 0 Å². The lowest BCUT2D eigenvalue weighted by molar-refractivity contribution is -0.0747.